The monoisotopic (exact) mass is 350 g/mol. The molecule has 128 valence electrons. The van der Waals surface area contributed by atoms with Crippen LogP contribution >= 0.6 is 0 Å². The predicted octanol–water partition coefficient (Wildman–Crippen LogP) is 4.98. The van der Waals surface area contributed by atoms with Crippen molar-refractivity contribution in [3.63, 3.8) is 0 Å². The van der Waals surface area contributed by atoms with Gasteiger partial charge in [0.05, 0.1) is 5.56 Å². The molecular formula is C16H9F7O. The van der Waals surface area contributed by atoms with Crippen molar-refractivity contribution in [3.8, 4) is 0 Å². The Balaban J connectivity index is 2.36. The zero-order valence-corrected chi connectivity index (χ0v) is 11.7. The lowest BCUT2D eigenvalue weighted by Gasteiger charge is -2.27. The van der Waals surface area contributed by atoms with Gasteiger partial charge in [0.2, 0.25) is 0 Å². The molecule has 0 bridgehead atoms. The maximum atomic E-state index is 14.4. The largest absolute Gasteiger partial charge is 0.416 e. The van der Waals surface area contributed by atoms with Gasteiger partial charge in [-0.15, -0.1) is 0 Å². The highest BCUT2D eigenvalue weighted by Gasteiger charge is 2.62. The molecule has 24 heavy (non-hydrogen) atoms. The molecule has 0 amide bonds. The molecule has 1 unspecified atom stereocenters. The summed E-state index contributed by atoms with van der Waals surface area (Å²) in [6.45, 7) is 0. The summed E-state index contributed by atoms with van der Waals surface area (Å²) < 4.78 is 95.9. The second-order valence-electron chi connectivity index (χ2n) is 5.44. The smallest absolute Gasteiger partial charge is 0.384 e. The first-order valence-corrected chi connectivity index (χ1v) is 6.72. The molecule has 0 saturated carbocycles. The van der Waals surface area contributed by atoms with Crippen LogP contribution in [0.3, 0.4) is 0 Å². The molecule has 2 aromatic rings. The van der Waals surface area contributed by atoms with Crippen molar-refractivity contribution in [2.24, 2.45) is 0 Å². The van der Waals surface area contributed by atoms with E-state index in [4.69, 9.17) is 0 Å². The molecule has 0 fully saturated rings. The maximum Gasteiger partial charge on any atom is 0.416 e. The summed E-state index contributed by atoms with van der Waals surface area (Å²) in [6, 6.07) is 4.91. The molecule has 1 aliphatic rings. The van der Waals surface area contributed by atoms with Crippen molar-refractivity contribution in [2.75, 3.05) is 0 Å². The van der Waals surface area contributed by atoms with Crippen LogP contribution in [-0.4, -0.2) is 5.11 Å². The van der Waals surface area contributed by atoms with Crippen LogP contribution in [0.5, 0.6) is 0 Å². The summed E-state index contributed by atoms with van der Waals surface area (Å²) in [5.41, 5.74) is -5.20. The van der Waals surface area contributed by atoms with E-state index in [1.165, 1.54) is 6.07 Å². The fraction of sp³-hybridized carbons (Fsp3) is 0.250. The fourth-order valence-electron chi connectivity index (χ4n) is 2.78. The van der Waals surface area contributed by atoms with Crippen LogP contribution in [0.4, 0.5) is 30.7 Å². The van der Waals surface area contributed by atoms with Gasteiger partial charge in [0.15, 0.2) is 0 Å². The molecule has 1 atom stereocenters. The first-order valence-electron chi connectivity index (χ1n) is 6.72. The Bertz CT molecular complexity index is 795. The molecule has 0 heterocycles. The Morgan fingerprint density at radius 2 is 1.33 bits per heavy atom. The van der Waals surface area contributed by atoms with Crippen LogP contribution in [0.1, 0.15) is 33.9 Å². The Kier molecular flexibility index (Phi) is 3.46. The van der Waals surface area contributed by atoms with E-state index in [9.17, 15) is 35.8 Å². The van der Waals surface area contributed by atoms with E-state index >= 15 is 0 Å². The second-order valence-corrected chi connectivity index (χ2v) is 5.44. The molecule has 1 nitrogen and oxygen atoms in total. The Morgan fingerprint density at radius 1 is 0.792 bits per heavy atom. The fourth-order valence-corrected chi connectivity index (χ4v) is 2.78. The number of rotatable bonds is 0. The van der Waals surface area contributed by atoms with Crippen LogP contribution < -0.4 is 0 Å². The van der Waals surface area contributed by atoms with Gasteiger partial charge in [-0.25, -0.2) is 0 Å². The number of aliphatic hydroxyl groups is 1. The van der Waals surface area contributed by atoms with Crippen molar-refractivity contribution in [1.82, 2.24) is 0 Å². The highest BCUT2D eigenvalue weighted by Crippen LogP contribution is 2.56. The number of hydrogen-bond acceptors (Lipinski definition) is 1. The molecule has 3 rings (SSSR count). The molecule has 0 aromatic heterocycles. The Labute approximate surface area is 131 Å². The third-order valence-electron chi connectivity index (χ3n) is 4.00. The van der Waals surface area contributed by atoms with Crippen LogP contribution in [-0.2, 0) is 18.0 Å². The van der Waals surface area contributed by atoms with Gasteiger partial charge in [0.25, 0.3) is 0 Å². The average molecular weight is 350 g/mol. The molecule has 0 spiro atoms. The number of hydrogen-bond donors (Lipinski definition) is 1. The lowest BCUT2D eigenvalue weighted by Crippen LogP contribution is -2.35. The zero-order valence-electron chi connectivity index (χ0n) is 11.7. The molecule has 0 aliphatic heterocycles. The quantitative estimate of drug-likeness (QED) is 0.664. The summed E-state index contributed by atoms with van der Waals surface area (Å²) in [7, 11) is 0. The van der Waals surface area contributed by atoms with Crippen LogP contribution in [0.2, 0.25) is 0 Å². The van der Waals surface area contributed by atoms with E-state index in [2.05, 4.69) is 0 Å². The third-order valence-corrected chi connectivity index (χ3v) is 4.00. The molecule has 0 radical (unpaired) electrons. The number of alkyl halides is 7. The summed E-state index contributed by atoms with van der Waals surface area (Å²) in [6.07, 6.45) is -6.89. The molecule has 1 N–H and O–H groups in total. The van der Waals surface area contributed by atoms with E-state index in [1.807, 2.05) is 0 Å². The van der Waals surface area contributed by atoms with Gasteiger partial charge in [-0.2, -0.15) is 30.7 Å². The molecule has 2 aromatic carbocycles. The van der Waals surface area contributed by atoms with Crippen molar-refractivity contribution < 1.29 is 35.8 Å². The number of halogens is 7. The minimum absolute atomic E-state index is 0.284. The SMILES string of the molecule is OC1c2ccccc2C(F)(F)C(F)(F)c2ccc(C(F)(F)F)cc21. The summed E-state index contributed by atoms with van der Waals surface area (Å²) in [4.78, 5) is 0. The first-order chi connectivity index (χ1) is 11.0. The normalized spacial score (nSPS) is 21.6. The number of fused-ring (bicyclic) bond motifs is 2. The number of aliphatic hydroxyl groups excluding tert-OH is 1. The molecule has 8 heteroatoms. The van der Waals surface area contributed by atoms with Crippen LogP contribution in [0, 0.1) is 0 Å². The molecular weight excluding hydrogens is 341 g/mol. The van der Waals surface area contributed by atoms with Gasteiger partial charge in [0.1, 0.15) is 6.10 Å². The van der Waals surface area contributed by atoms with Crippen molar-refractivity contribution >= 4 is 0 Å². The number of benzene rings is 2. The lowest BCUT2D eigenvalue weighted by molar-refractivity contribution is -0.223. The van der Waals surface area contributed by atoms with Crippen LogP contribution in [0.25, 0.3) is 0 Å². The van der Waals surface area contributed by atoms with E-state index < -0.39 is 51.9 Å². The van der Waals surface area contributed by atoms with Crippen molar-refractivity contribution in [1.29, 1.82) is 0 Å². The second kappa shape index (κ2) is 4.95. The third kappa shape index (κ3) is 2.20. The average Bonchev–Trinajstić information content (AvgIpc) is 2.56. The molecule has 0 saturated heterocycles. The summed E-state index contributed by atoms with van der Waals surface area (Å²) in [5, 5.41) is 10.2. The minimum atomic E-state index is -4.86. The van der Waals surface area contributed by atoms with Crippen molar-refractivity contribution in [3.05, 3.63) is 70.3 Å². The standard InChI is InChI=1S/C16H9F7O/c17-14(18)11-4-2-1-3-9(11)13(24)10-7-8(16(21,22)23)5-6-12(10)15(14,19)20/h1-7,13,24H. The maximum absolute atomic E-state index is 14.4. The summed E-state index contributed by atoms with van der Waals surface area (Å²) in [5.74, 6) is -9.46. The minimum Gasteiger partial charge on any atom is -0.384 e. The van der Waals surface area contributed by atoms with E-state index in [0.29, 0.717) is 12.1 Å². The first kappa shape index (κ1) is 16.8. The molecule has 1 aliphatic carbocycles. The zero-order chi connectivity index (χ0) is 17.9. The van der Waals surface area contributed by atoms with Gasteiger partial charge < -0.3 is 5.11 Å². The lowest BCUT2D eigenvalue weighted by atomic mass is 9.94. The van der Waals surface area contributed by atoms with E-state index in [0.717, 1.165) is 18.2 Å². The predicted molar refractivity (Wildman–Crippen MR) is 69.7 cm³/mol. The van der Waals surface area contributed by atoms with Crippen molar-refractivity contribution in [2.45, 2.75) is 24.1 Å². The van der Waals surface area contributed by atoms with Gasteiger partial charge in [0, 0.05) is 11.1 Å². The Morgan fingerprint density at radius 3 is 1.92 bits per heavy atom. The topological polar surface area (TPSA) is 20.2 Å². The van der Waals surface area contributed by atoms with Gasteiger partial charge >= 0.3 is 18.0 Å². The highest BCUT2D eigenvalue weighted by molar-refractivity contribution is 5.49. The summed E-state index contributed by atoms with van der Waals surface area (Å²) >= 11 is 0. The van der Waals surface area contributed by atoms with Gasteiger partial charge in [-0.05, 0) is 23.3 Å². The van der Waals surface area contributed by atoms with E-state index in [-0.39, 0.29) is 6.07 Å². The van der Waals surface area contributed by atoms with E-state index in [1.54, 1.807) is 0 Å². The Hall–Kier alpha value is -2.09. The van der Waals surface area contributed by atoms with Gasteiger partial charge in [-0.3, -0.25) is 0 Å². The van der Waals surface area contributed by atoms with Gasteiger partial charge in [-0.1, -0.05) is 30.3 Å². The van der Waals surface area contributed by atoms with Crippen LogP contribution in [0.15, 0.2) is 42.5 Å². The highest BCUT2D eigenvalue weighted by atomic mass is 19.4.